The number of hydrogen-bond acceptors (Lipinski definition) is 5. The average molecular weight is 355 g/mol. The highest BCUT2D eigenvalue weighted by atomic mass is 19.1. The minimum Gasteiger partial charge on any atom is -0.345 e. The van der Waals surface area contributed by atoms with Gasteiger partial charge in [0.05, 0.1) is 23.4 Å². The first-order valence-corrected chi connectivity index (χ1v) is 8.50. The van der Waals surface area contributed by atoms with Crippen LogP contribution in [0.5, 0.6) is 0 Å². The van der Waals surface area contributed by atoms with E-state index in [1.54, 1.807) is 24.0 Å². The molecule has 0 saturated carbocycles. The predicted octanol–water partition coefficient (Wildman–Crippen LogP) is 2.59. The lowest BCUT2D eigenvalue weighted by molar-refractivity contribution is 0.0936. The summed E-state index contributed by atoms with van der Waals surface area (Å²) in [5, 5.41) is 10.8. The fourth-order valence-corrected chi connectivity index (χ4v) is 3.27. The van der Waals surface area contributed by atoms with Crippen molar-refractivity contribution in [1.29, 1.82) is 0 Å². The van der Waals surface area contributed by atoms with Crippen LogP contribution in [0.15, 0.2) is 29.0 Å². The maximum absolute atomic E-state index is 15.0. The van der Waals surface area contributed by atoms with Crippen molar-refractivity contribution in [3.63, 3.8) is 0 Å². The van der Waals surface area contributed by atoms with Crippen LogP contribution in [0.2, 0.25) is 0 Å². The lowest BCUT2D eigenvalue weighted by Gasteiger charge is -2.14. The second-order valence-electron chi connectivity index (χ2n) is 6.33. The van der Waals surface area contributed by atoms with Gasteiger partial charge in [0.25, 0.3) is 5.91 Å². The van der Waals surface area contributed by atoms with Crippen LogP contribution < -0.4 is 5.32 Å². The van der Waals surface area contributed by atoms with E-state index in [0.717, 1.165) is 5.56 Å². The molecule has 0 unspecified atom stereocenters. The lowest BCUT2D eigenvalue weighted by atomic mass is 10.0. The molecule has 2 aromatic heterocycles. The summed E-state index contributed by atoms with van der Waals surface area (Å²) in [5.74, 6) is 0.168. The first-order chi connectivity index (χ1) is 12.6. The van der Waals surface area contributed by atoms with Crippen LogP contribution in [-0.4, -0.2) is 25.8 Å². The molecule has 1 atom stereocenters. The average Bonchev–Trinajstić information content (AvgIpc) is 3.35. The Labute approximate surface area is 149 Å². The number of carbonyl (C=O) groups excluding carboxylic acids is 1. The first kappa shape index (κ1) is 16.4. The molecule has 0 radical (unpaired) electrons. The number of benzene rings is 1. The van der Waals surface area contributed by atoms with E-state index in [-0.39, 0.29) is 23.6 Å². The summed E-state index contributed by atoms with van der Waals surface area (Å²) < 4.78 is 21.6. The molecule has 1 aliphatic carbocycles. The number of aromatic nitrogens is 4. The number of amides is 1. The Kier molecular flexibility index (Phi) is 4.02. The molecule has 1 N–H and O–H groups in total. The largest absolute Gasteiger partial charge is 0.345 e. The molecule has 1 amide bonds. The Morgan fingerprint density at radius 1 is 1.46 bits per heavy atom. The van der Waals surface area contributed by atoms with Crippen molar-refractivity contribution in [2.75, 3.05) is 0 Å². The van der Waals surface area contributed by atoms with E-state index < -0.39 is 0 Å². The van der Waals surface area contributed by atoms with Gasteiger partial charge in [-0.05, 0) is 30.0 Å². The maximum atomic E-state index is 15.0. The van der Waals surface area contributed by atoms with Crippen LogP contribution in [0.3, 0.4) is 0 Å². The van der Waals surface area contributed by atoms with Crippen molar-refractivity contribution in [3.8, 4) is 11.4 Å². The Hall–Kier alpha value is -3.03. The highest BCUT2D eigenvalue weighted by Gasteiger charge is 2.29. The molecule has 134 valence electrons. The third kappa shape index (κ3) is 2.77. The molecule has 0 spiro atoms. The highest BCUT2D eigenvalue weighted by Crippen LogP contribution is 2.36. The normalized spacial score (nSPS) is 15.9. The minimum absolute atomic E-state index is 0.216. The number of nitrogens with one attached hydrogen (secondary N) is 1. The molecule has 7 nitrogen and oxygen atoms in total. The zero-order valence-electron chi connectivity index (χ0n) is 14.5. The number of hydrogen-bond donors (Lipinski definition) is 1. The lowest BCUT2D eigenvalue weighted by Crippen LogP contribution is -2.26. The van der Waals surface area contributed by atoms with Crippen molar-refractivity contribution in [2.45, 2.75) is 32.2 Å². The van der Waals surface area contributed by atoms with Crippen LogP contribution in [0, 0.1) is 5.82 Å². The quantitative estimate of drug-likeness (QED) is 0.777. The zero-order valence-corrected chi connectivity index (χ0v) is 14.5. The SMILES string of the molecule is CCc1nc(-c2ccc3c(c2F)CC[C@H]3NC(=O)c2cnn(C)c2)no1. The first-order valence-electron chi connectivity index (χ1n) is 8.50. The molecular formula is C18H18FN5O2. The molecule has 0 bridgehead atoms. The molecule has 2 heterocycles. The number of halogens is 1. The third-order valence-electron chi connectivity index (χ3n) is 4.62. The van der Waals surface area contributed by atoms with Gasteiger partial charge in [0, 0.05) is 19.7 Å². The maximum Gasteiger partial charge on any atom is 0.254 e. The molecule has 3 aromatic rings. The van der Waals surface area contributed by atoms with E-state index in [1.807, 2.05) is 13.0 Å². The van der Waals surface area contributed by atoms with Crippen LogP contribution in [0.1, 0.15) is 46.8 Å². The van der Waals surface area contributed by atoms with E-state index in [9.17, 15) is 9.18 Å². The topological polar surface area (TPSA) is 85.8 Å². The van der Waals surface area contributed by atoms with E-state index >= 15 is 0 Å². The summed E-state index contributed by atoms with van der Waals surface area (Å²) in [5.41, 5.74) is 2.20. The van der Waals surface area contributed by atoms with E-state index in [0.29, 0.717) is 41.8 Å². The van der Waals surface area contributed by atoms with Crippen molar-refractivity contribution >= 4 is 5.91 Å². The van der Waals surface area contributed by atoms with Crippen LogP contribution in [0.4, 0.5) is 4.39 Å². The van der Waals surface area contributed by atoms with E-state index in [2.05, 4.69) is 20.6 Å². The van der Waals surface area contributed by atoms with Gasteiger partial charge in [-0.25, -0.2) is 4.39 Å². The van der Waals surface area contributed by atoms with Gasteiger partial charge in [-0.2, -0.15) is 10.1 Å². The second-order valence-corrected chi connectivity index (χ2v) is 6.33. The van der Waals surface area contributed by atoms with Crippen LogP contribution in [0.25, 0.3) is 11.4 Å². The minimum atomic E-state index is -0.343. The fraction of sp³-hybridized carbons (Fsp3) is 0.333. The molecule has 26 heavy (non-hydrogen) atoms. The molecule has 1 aromatic carbocycles. The van der Waals surface area contributed by atoms with Crippen molar-refractivity contribution in [1.82, 2.24) is 25.2 Å². The molecule has 0 fully saturated rings. The smallest absolute Gasteiger partial charge is 0.254 e. The Morgan fingerprint density at radius 2 is 2.31 bits per heavy atom. The monoisotopic (exact) mass is 355 g/mol. The van der Waals surface area contributed by atoms with Gasteiger partial charge < -0.3 is 9.84 Å². The number of fused-ring (bicyclic) bond motifs is 1. The van der Waals surface area contributed by atoms with Gasteiger partial charge >= 0.3 is 0 Å². The van der Waals surface area contributed by atoms with Crippen molar-refractivity contribution in [3.05, 3.63) is 52.9 Å². The predicted molar refractivity (Wildman–Crippen MR) is 90.8 cm³/mol. The van der Waals surface area contributed by atoms with Gasteiger partial charge in [0.15, 0.2) is 0 Å². The van der Waals surface area contributed by atoms with Crippen LogP contribution >= 0.6 is 0 Å². The molecular weight excluding hydrogens is 337 g/mol. The van der Waals surface area contributed by atoms with Crippen molar-refractivity contribution < 1.29 is 13.7 Å². The number of carbonyl (C=O) groups is 1. The Balaban J connectivity index is 1.59. The third-order valence-corrected chi connectivity index (χ3v) is 4.62. The highest BCUT2D eigenvalue weighted by molar-refractivity contribution is 5.94. The summed E-state index contributed by atoms with van der Waals surface area (Å²) in [7, 11) is 1.75. The van der Waals surface area contributed by atoms with E-state index in [1.165, 1.54) is 6.20 Å². The summed E-state index contributed by atoms with van der Waals surface area (Å²) in [4.78, 5) is 16.5. The van der Waals surface area contributed by atoms with Crippen molar-refractivity contribution in [2.24, 2.45) is 7.05 Å². The molecule has 8 heteroatoms. The number of rotatable bonds is 4. The van der Waals surface area contributed by atoms with Crippen LogP contribution in [-0.2, 0) is 19.9 Å². The standard InChI is InChI=1S/C18H18FN5O2/c1-3-15-22-17(23-26-15)13-5-4-11-12(16(13)19)6-7-14(11)21-18(25)10-8-20-24(2)9-10/h4-5,8-9,14H,3,6-7H2,1-2H3,(H,21,25)/t14-/m1/s1. The molecule has 0 saturated heterocycles. The van der Waals surface area contributed by atoms with Gasteiger partial charge in [-0.3, -0.25) is 9.48 Å². The Morgan fingerprint density at radius 3 is 3.00 bits per heavy atom. The molecule has 0 aliphatic heterocycles. The molecule has 4 rings (SSSR count). The Bertz CT molecular complexity index is 978. The van der Waals surface area contributed by atoms with Gasteiger partial charge in [-0.1, -0.05) is 18.1 Å². The van der Waals surface area contributed by atoms with E-state index in [4.69, 9.17) is 4.52 Å². The molecule has 1 aliphatic rings. The second kappa shape index (κ2) is 6.36. The fourth-order valence-electron chi connectivity index (χ4n) is 3.27. The van der Waals surface area contributed by atoms with Gasteiger partial charge in [0.2, 0.25) is 11.7 Å². The number of nitrogens with zero attached hydrogens (tertiary/aromatic N) is 4. The van der Waals surface area contributed by atoms with Gasteiger partial charge in [0.1, 0.15) is 5.82 Å². The summed E-state index contributed by atoms with van der Waals surface area (Å²) >= 11 is 0. The summed E-state index contributed by atoms with van der Waals surface area (Å²) in [6.07, 6.45) is 4.95. The van der Waals surface area contributed by atoms with Gasteiger partial charge in [-0.15, -0.1) is 0 Å². The zero-order chi connectivity index (χ0) is 18.3. The number of aryl methyl sites for hydroxylation is 2. The summed E-state index contributed by atoms with van der Waals surface area (Å²) in [6, 6.07) is 3.25. The summed E-state index contributed by atoms with van der Waals surface area (Å²) in [6.45, 7) is 1.89.